The summed E-state index contributed by atoms with van der Waals surface area (Å²) in [5.74, 6) is 0.709. The molecule has 2 aromatic carbocycles. The van der Waals surface area contributed by atoms with Crippen LogP contribution in [0.15, 0.2) is 56.9 Å². The first-order valence-electron chi connectivity index (χ1n) is 9.49. The highest BCUT2D eigenvalue weighted by molar-refractivity contribution is 9.10. The summed E-state index contributed by atoms with van der Waals surface area (Å²) < 4.78 is 33.1. The van der Waals surface area contributed by atoms with Crippen LogP contribution in [-0.4, -0.2) is 63.5 Å². The first-order valence-corrected chi connectivity index (χ1v) is 11.8. The highest BCUT2D eigenvalue weighted by Crippen LogP contribution is 2.35. The van der Waals surface area contributed by atoms with Gasteiger partial charge in [-0.15, -0.1) is 0 Å². The van der Waals surface area contributed by atoms with Crippen LogP contribution in [0, 0.1) is 0 Å². The third kappa shape index (κ3) is 3.94. The van der Waals surface area contributed by atoms with E-state index in [0.29, 0.717) is 16.8 Å². The molecule has 0 unspecified atom stereocenters. The molecule has 1 saturated heterocycles. The molecule has 1 aliphatic rings. The summed E-state index contributed by atoms with van der Waals surface area (Å²) in [6.07, 6.45) is 0. The van der Waals surface area contributed by atoms with Gasteiger partial charge in [-0.3, -0.25) is 4.90 Å². The second kappa shape index (κ2) is 8.10. The van der Waals surface area contributed by atoms with Gasteiger partial charge in [-0.25, -0.2) is 8.42 Å². The number of hydrogen-bond donors (Lipinski definition) is 1. The molecule has 0 saturated carbocycles. The van der Waals surface area contributed by atoms with Crippen molar-refractivity contribution < 1.29 is 13.2 Å². The molecule has 1 N–H and O–H groups in total. The molecule has 8 heteroatoms. The van der Waals surface area contributed by atoms with E-state index < -0.39 is 9.84 Å². The SMILES string of the molecule is COc1ccc2[nH]c(S(=O)(=O)c3ccccc3Br)c(CN3CCN(C)CC3)c2c1. The summed E-state index contributed by atoms with van der Waals surface area (Å²) in [4.78, 5) is 8.03. The van der Waals surface area contributed by atoms with Crippen LogP contribution >= 0.6 is 15.9 Å². The number of benzene rings is 2. The van der Waals surface area contributed by atoms with E-state index in [1.807, 2.05) is 24.3 Å². The number of aromatic amines is 1. The summed E-state index contributed by atoms with van der Waals surface area (Å²) in [5, 5.41) is 1.14. The summed E-state index contributed by atoms with van der Waals surface area (Å²) in [7, 11) is 0.00201. The average molecular weight is 478 g/mol. The minimum absolute atomic E-state index is 0.256. The Kier molecular flexibility index (Phi) is 5.70. The van der Waals surface area contributed by atoms with E-state index in [2.05, 4.69) is 37.8 Å². The largest absolute Gasteiger partial charge is 0.497 e. The van der Waals surface area contributed by atoms with Gasteiger partial charge in [0.2, 0.25) is 9.84 Å². The number of methoxy groups -OCH3 is 1. The third-order valence-corrected chi connectivity index (χ3v) is 8.22. The molecule has 4 rings (SSSR count). The van der Waals surface area contributed by atoms with Crippen LogP contribution in [-0.2, 0) is 16.4 Å². The van der Waals surface area contributed by atoms with Crippen molar-refractivity contribution in [2.24, 2.45) is 0 Å². The van der Waals surface area contributed by atoms with Crippen molar-refractivity contribution in [3.8, 4) is 5.75 Å². The summed E-state index contributed by atoms with van der Waals surface area (Å²) in [6.45, 7) is 4.32. The van der Waals surface area contributed by atoms with E-state index in [9.17, 15) is 8.42 Å². The average Bonchev–Trinajstić information content (AvgIpc) is 3.08. The van der Waals surface area contributed by atoms with E-state index in [0.717, 1.165) is 42.6 Å². The lowest BCUT2D eigenvalue weighted by molar-refractivity contribution is 0.147. The third-order valence-electron chi connectivity index (χ3n) is 5.45. The zero-order valence-electron chi connectivity index (χ0n) is 16.5. The van der Waals surface area contributed by atoms with Gasteiger partial charge in [-0.1, -0.05) is 12.1 Å². The second-order valence-electron chi connectivity index (χ2n) is 7.36. The number of sulfone groups is 1. The first-order chi connectivity index (χ1) is 13.9. The molecule has 0 aliphatic carbocycles. The number of rotatable bonds is 5. The fraction of sp³-hybridized carbons (Fsp3) is 0.333. The number of nitrogens with one attached hydrogen (secondary N) is 1. The van der Waals surface area contributed by atoms with Gasteiger partial charge in [0.1, 0.15) is 10.8 Å². The van der Waals surface area contributed by atoms with Crippen LogP contribution in [0.2, 0.25) is 0 Å². The molecule has 6 nitrogen and oxygen atoms in total. The summed E-state index contributed by atoms with van der Waals surface area (Å²) in [5.41, 5.74) is 1.58. The Morgan fingerprint density at radius 3 is 2.52 bits per heavy atom. The van der Waals surface area contributed by atoms with Crippen molar-refractivity contribution in [3.63, 3.8) is 0 Å². The molecule has 1 aliphatic heterocycles. The molecule has 0 amide bonds. The number of hydrogen-bond acceptors (Lipinski definition) is 5. The summed E-state index contributed by atoms with van der Waals surface area (Å²) >= 11 is 3.40. The van der Waals surface area contributed by atoms with Crippen LogP contribution in [0.4, 0.5) is 0 Å². The van der Waals surface area contributed by atoms with Gasteiger partial charge in [0.05, 0.1) is 12.0 Å². The van der Waals surface area contributed by atoms with Gasteiger partial charge >= 0.3 is 0 Å². The van der Waals surface area contributed by atoms with E-state index in [1.165, 1.54) is 0 Å². The van der Waals surface area contributed by atoms with Crippen LogP contribution in [0.25, 0.3) is 10.9 Å². The highest BCUT2D eigenvalue weighted by atomic mass is 79.9. The Hall–Kier alpha value is -1.87. The zero-order chi connectivity index (χ0) is 20.6. The smallest absolute Gasteiger partial charge is 0.223 e. The van der Waals surface area contributed by atoms with Gasteiger partial charge < -0.3 is 14.6 Å². The van der Waals surface area contributed by atoms with Crippen molar-refractivity contribution in [1.29, 1.82) is 0 Å². The van der Waals surface area contributed by atoms with Crippen molar-refractivity contribution >= 4 is 36.7 Å². The van der Waals surface area contributed by atoms with Crippen LogP contribution in [0.3, 0.4) is 0 Å². The summed E-state index contributed by atoms with van der Waals surface area (Å²) in [6, 6.07) is 12.6. The van der Waals surface area contributed by atoms with Crippen LogP contribution < -0.4 is 4.74 Å². The minimum Gasteiger partial charge on any atom is -0.497 e. The van der Waals surface area contributed by atoms with Crippen molar-refractivity contribution in [2.45, 2.75) is 16.5 Å². The monoisotopic (exact) mass is 477 g/mol. The van der Waals surface area contributed by atoms with E-state index in [-0.39, 0.29) is 9.92 Å². The molecule has 0 atom stereocenters. The topological polar surface area (TPSA) is 65.6 Å². The Morgan fingerprint density at radius 2 is 1.83 bits per heavy atom. The van der Waals surface area contributed by atoms with Gasteiger partial charge in [0, 0.05) is 53.7 Å². The second-order valence-corrected chi connectivity index (χ2v) is 10.1. The molecule has 1 fully saturated rings. The van der Waals surface area contributed by atoms with Gasteiger partial charge in [0.15, 0.2) is 0 Å². The highest BCUT2D eigenvalue weighted by Gasteiger charge is 2.29. The van der Waals surface area contributed by atoms with Crippen LogP contribution in [0.1, 0.15) is 5.56 Å². The lowest BCUT2D eigenvalue weighted by Crippen LogP contribution is -2.44. The molecule has 154 valence electrons. The van der Waals surface area contributed by atoms with Crippen molar-refractivity contribution in [2.75, 3.05) is 40.3 Å². The lowest BCUT2D eigenvalue weighted by atomic mass is 10.1. The first kappa shape index (κ1) is 20.4. The number of fused-ring (bicyclic) bond motifs is 1. The van der Waals surface area contributed by atoms with Crippen molar-refractivity contribution in [1.82, 2.24) is 14.8 Å². The van der Waals surface area contributed by atoms with E-state index >= 15 is 0 Å². The number of likely N-dealkylation sites (N-methyl/N-ethyl adjacent to an activating group) is 1. The molecule has 0 spiro atoms. The molecule has 1 aromatic heterocycles. The van der Waals surface area contributed by atoms with E-state index in [1.54, 1.807) is 25.3 Å². The molecule has 29 heavy (non-hydrogen) atoms. The Balaban J connectivity index is 1.85. The van der Waals surface area contributed by atoms with Gasteiger partial charge in [-0.05, 0) is 53.3 Å². The Bertz CT molecular complexity index is 1140. The maximum atomic E-state index is 13.6. The predicted molar refractivity (Wildman–Crippen MR) is 117 cm³/mol. The maximum absolute atomic E-state index is 13.6. The van der Waals surface area contributed by atoms with Gasteiger partial charge in [-0.2, -0.15) is 0 Å². The number of H-pyrrole nitrogens is 1. The number of nitrogens with zero attached hydrogens (tertiary/aromatic N) is 2. The molecule has 2 heterocycles. The number of halogens is 1. The normalized spacial score (nSPS) is 16.4. The lowest BCUT2D eigenvalue weighted by Gasteiger charge is -2.32. The van der Waals surface area contributed by atoms with Gasteiger partial charge in [0.25, 0.3) is 0 Å². The van der Waals surface area contributed by atoms with E-state index in [4.69, 9.17) is 4.74 Å². The Labute approximate surface area is 179 Å². The molecular formula is C21H24BrN3O3S. The molecule has 0 radical (unpaired) electrons. The number of ether oxygens (including phenoxy) is 1. The molecule has 3 aromatic rings. The fourth-order valence-corrected chi connectivity index (χ4v) is 6.19. The molecule has 0 bridgehead atoms. The zero-order valence-corrected chi connectivity index (χ0v) is 18.9. The predicted octanol–water partition coefficient (Wildman–Crippen LogP) is 3.52. The van der Waals surface area contributed by atoms with Crippen molar-refractivity contribution in [3.05, 3.63) is 52.5 Å². The Morgan fingerprint density at radius 1 is 1.10 bits per heavy atom. The maximum Gasteiger partial charge on any atom is 0.223 e. The number of piperazine rings is 1. The quantitative estimate of drug-likeness (QED) is 0.608. The van der Waals surface area contributed by atoms with Crippen LogP contribution in [0.5, 0.6) is 5.75 Å². The fourth-order valence-electron chi connectivity index (χ4n) is 3.72. The standard InChI is InChI=1S/C21H24BrN3O3S/c1-24-9-11-25(12-10-24)14-17-16-13-15(28-2)7-8-19(16)23-21(17)29(26,27)20-6-4-3-5-18(20)22/h3-8,13,23H,9-12,14H2,1-2H3. The number of aromatic nitrogens is 1. The minimum atomic E-state index is -3.72. The molecular weight excluding hydrogens is 454 g/mol.